The average molecular weight is 612 g/mol. The van der Waals surface area contributed by atoms with E-state index in [2.05, 4.69) is 20.9 Å². The molecule has 0 radical (unpaired) electrons. The summed E-state index contributed by atoms with van der Waals surface area (Å²) in [7, 11) is 1.45. The second-order valence-electron chi connectivity index (χ2n) is 9.63. The summed E-state index contributed by atoms with van der Waals surface area (Å²) in [5.74, 6) is -3.21. The SMILES string of the molecule is CNC(=O)/C=C/CCC(NC(=O)O)C(=O)Nc1cccn(Cc2cc3cc(F)cc(OCc4ccc(F)cc4F)c3[nH]2)c1=O. The smallest absolute Gasteiger partial charge is 0.405 e. The van der Waals surface area contributed by atoms with E-state index in [-0.39, 0.29) is 48.9 Å². The van der Waals surface area contributed by atoms with Crippen LogP contribution in [0.15, 0.2) is 71.7 Å². The minimum atomic E-state index is -1.44. The molecule has 2 aromatic carbocycles. The van der Waals surface area contributed by atoms with Crippen molar-refractivity contribution in [1.82, 2.24) is 20.2 Å². The minimum Gasteiger partial charge on any atom is -0.486 e. The first-order valence-corrected chi connectivity index (χ1v) is 13.3. The second-order valence-corrected chi connectivity index (χ2v) is 9.63. The van der Waals surface area contributed by atoms with Crippen LogP contribution in [0.3, 0.4) is 0 Å². The van der Waals surface area contributed by atoms with Gasteiger partial charge in [-0.1, -0.05) is 6.08 Å². The van der Waals surface area contributed by atoms with Gasteiger partial charge in [-0.3, -0.25) is 14.4 Å². The zero-order valence-corrected chi connectivity index (χ0v) is 23.3. The van der Waals surface area contributed by atoms with Crippen LogP contribution < -0.4 is 26.2 Å². The third-order valence-electron chi connectivity index (χ3n) is 6.48. The van der Waals surface area contributed by atoms with E-state index in [1.165, 1.54) is 54.2 Å². The Morgan fingerprint density at radius 3 is 2.61 bits per heavy atom. The fourth-order valence-electron chi connectivity index (χ4n) is 4.34. The molecule has 0 aliphatic rings. The van der Waals surface area contributed by atoms with Crippen molar-refractivity contribution in [2.45, 2.75) is 32.0 Å². The molecule has 0 saturated heterocycles. The molecule has 0 aliphatic heterocycles. The number of carbonyl (C=O) groups excluding carboxylic acids is 2. The third kappa shape index (κ3) is 8.06. The molecule has 44 heavy (non-hydrogen) atoms. The number of carboxylic acid groups (broad SMARTS) is 1. The number of aromatic amines is 1. The van der Waals surface area contributed by atoms with Crippen molar-refractivity contribution in [2.24, 2.45) is 0 Å². The van der Waals surface area contributed by atoms with Crippen molar-refractivity contribution in [3.63, 3.8) is 0 Å². The number of carbonyl (C=O) groups is 3. The molecule has 230 valence electrons. The van der Waals surface area contributed by atoms with Gasteiger partial charge in [0.25, 0.3) is 5.56 Å². The normalized spacial score (nSPS) is 11.8. The molecule has 2 heterocycles. The van der Waals surface area contributed by atoms with Crippen molar-refractivity contribution < 1.29 is 37.4 Å². The number of amides is 3. The van der Waals surface area contributed by atoms with Crippen molar-refractivity contribution in [3.8, 4) is 5.75 Å². The third-order valence-corrected chi connectivity index (χ3v) is 6.48. The van der Waals surface area contributed by atoms with Crippen LogP contribution in [0.1, 0.15) is 24.1 Å². The summed E-state index contributed by atoms with van der Waals surface area (Å²) in [4.78, 5) is 51.6. The van der Waals surface area contributed by atoms with Crippen LogP contribution in [0.4, 0.5) is 23.7 Å². The summed E-state index contributed by atoms with van der Waals surface area (Å²) in [6.45, 7) is -0.311. The maximum atomic E-state index is 14.3. The van der Waals surface area contributed by atoms with E-state index in [0.29, 0.717) is 16.6 Å². The Hall–Kier alpha value is -5.53. The van der Waals surface area contributed by atoms with Crippen LogP contribution >= 0.6 is 0 Å². The molecule has 11 nitrogen and oxygen atoms in total. The van der Waals surface area contributed by atoms with E-state index in [0.717, 1.165) is 18.2 Å². The molecule has 1 atom stereocenters. The lowest BCUT2D eigenvalue weighted by Crippen LogP contribution is -2.44. The number of anilines is 1. The summed E-state index contributed by atoms with van der Waals surface area (Å²) in [5, 5.41) is 16.5. The van der Waals surface area contributed by atoms with Crippen LogP contribution in [0.25, 0.3) is 10.9 Å². The fourth-order valence-corrected chi connectivity index (χ4v) is 4.34. The molecule has 14 heteroatoms. The lowest BCUT2D eigenvalue weighted by molar-refractivity contribution is -0.118. The number of hydrogen-bond donors (Lipinski definition) is 5. The summed E-state index contributed by atoms with van der Waals surface area (Å²) in [5.41, 5.74) is 0.226. The summed E-state index contributed by atoms with van der Waals surface area (Å²) >= 11 is 0. The highest BCUT2D eigenvalue weighted by atomic mass is 19.1. The number of aromatic nitrogens is 2. The fraction of sp³-hybridized carbons (Fsp3) is 0.200. The number of fused-ring (bicyclic) bond motifs is 1. The van der Waals surface area contributed by atoms with Crippen LogP contribution in [0, 0.1) is 17.5 Å². The number of benzene rings is 2. The molecule has 0 aliphatic carbocycles. The van der Waals surface area contributed by atoms with Gasteiger partial charge < -0.3 is 35.3 Å². The molecule has 2 aromatic heterocycles. The van der Waals surface area contributed by atoms with Gasteiger partial charge in [0.05, 0.1) is 12.1 Å². The van der Waals surface area contributed by atoms with E-state index in [1.54, 1.807) is 6.07 Å². The Labute approximate surface area is 248 Å². The van der Waals surface area contributed by atoms with Crippen molar-refractivity contribution in [3.05, 3.63) is 106 Å². The lowest BCUT2D eigenvalue weighted by atomic mass is 10.1. The van der Waals surface area contributed by atoms with Gasteiger partial charge in [-0.2, -0.15) is 0 Å². The topological polar surface area (TPSA) is 155 Å². The maximum absolute atomic E-state index is 14.3. The Morgan fingerprint density at radius 1 is 1.09 bits per heavy atom. The van der Waals surface area contributed by atoms with Crippen LogP contribution in [-0.2, 0) is 22.7 Å². The van der Waals surface area contributed by atoms with E-state index in [4.69, 9.17) is 9.84 Å². The van der Waals surface area contributed by atoms with E-state index >= 15 is 0 Å². The van der Waals surface area contributed by atoms with Crippen LogP contribution in [0.5, 0.6) is 5.75 Å². The number of ether oxygens (including phenoxy) is 1. The van der Waals surface area contributed by atoms with Gasteiger partial charge in [-0.15, -0.1) is 0 Å². The van der Waals surface area contributed by atoms with Gasteiger partial charge in [0.15, 0.2) is 0 Å². The molecule has 1 unspecified atom stereocenters. The number of nitrogens with one attached hydrogen (secondary N) is 4. The molecule has 4 aromatic rings. The zero-order valence-electron chi connectivity index (χ0n) is 23.3. The number of H-pyrrole nitrogens is 1. The van der Waals surface area contributed by atoms with Gasteiger partial charge >= 0.3 is 6.09 Å². The Balaban J connectivity index is 1.50. The summed E-state index contributed by atoms with van der Waals surface area (Å²) in [6.07, 6.45) is 3.00. The number of rotatable bonds is 12. The van der Waals surface area contributed by atoms with Crippen molar-refractivity contribution in [1.29, 1.82) is 0 Å². The average Bonchev–Trinajstić information content (AvgIpc) is 3.38. The molecule has 0 bridgehead atoms. The molecular formula is C30H28F3N5O6. The van der Waals surface area contributed by atoms with Crippen molar-refractivity contribution in [2.75, 3.05) is 12.4 Å². The molecule has 0 saturated carbocycles. The molecular weight excluding hydrogens is 583 g/mol. The quantitative estimate of drug-likeness (QED) is 0.153. The molecule has 4 rings (SSSR count). The minimum absolute atomic E-state index is 0.0219. The maximum Gasteiger partial charge on any atom is 0.405 e. The predicted octanol–water partition coefficient (Wildman–Crippen LogP) is 4.03. The summed E-state index contributed by atoms with van der Waals surface area (Å²) in [6, 6.07) is 8.65. The van der Waals surface area contributed by atoms with Gasteiger partial charge in [0.2, 0.25) is 11.8 Å². The Bertz CT molecular complexity index is 1780. The van der Waals surface area contributed by atoms with E-state index in [9.17, 15) is 32.3 Å². The first-order valence-electron chi connectivity index (χ1n) is 13.3. The number of likely N-dealkylation sites (N-methyl/N-ethyl adjacent to an activating group) is 1. The first kappa shape index (κ1) is 31.4. The highest BCUT2D eigenvalue weighted by molar-refractivity contribution is 5.96. The molecule has 0 spiro atoms. The highest BCUT2D eigenvalue weighted by Crippen LogP contribution is 2.29. The second kappa shape index (κ2) is 14.1. The first-order chi connectivity index (χ1) is 21.0. The number of pyridine rings is 1. The van der Waals surface area contributed by atoms with E-state index in [1.807, 2.05) is 0 Å². The van der Waals surface area contributed by atoms with Crippen LogP contribution in [-0.4, -0.2) is 45.7 Å². The monoisotopic (exact) mass is 611 g/mol. The predicted molar refractivity (Wildman–Crippen MR) is 155 cm³/mol. The largest absolute Gasteiger partial charge is 0.486 e. The van der Waals surface area contributed by atoms with Gasteiger partial charge in [0, 0.05) is 42.0 Å². The Morgan fingerprint density at radius 2 is 1.89 bits per heavy atom. The highest BCUT2D eigenvalue weighted by Gasteiger charge is 2.21. The standard InChI is InChI=1S/C30H28F3N5O6/c1-34-26(39)7-3-2-5-23(37-30(42)43)28(40)36-24-6-4-10-38(29(24)41)15-21-12-18-11-20(32)14-25(27(18)35-21)44-16-17-8-9-19(31)13-22(17)33/h3-4,6-14,23,35,37H,2,5,15-16H2,1H3,(H,34,39)(H,36,40)(H,42,43)/b7-3+. The number of allylic oxidation sites excluding steroid dienone is 1. The van der Waals surface area contributed by atoms with Crippen LogP contribution in [0.2, 0.25) is 0 Å². The van der Waals surface area contributed by atoms with E-state index < -0.39 is 41.1 Å². The summed E-state index contributed by atoms with van der Waals surface area (Å²) < 4.78 is 48.5. The molecule has 0 fully saturated rings. The Kier molecular flexibility index (Phi) is 10.1. The molecule has 5 N–H and O–H groups in total. The lowest BCUT2D eigenvalue weighted by Gasteiger charge is -2.16. The van der Waals surface area contributed by atoms with Gasteiger partial charge in [-0.05, 0) is 55.3 Å². The number of halogens is 3. The van der Waals surface area contributed by atoms with Gasteiger partial charge in [0.1, 0.15) is 41.5 Å². The number of hydrogen-bond acceptors (Lipinski definition) is 5. The van der Waals surface area contributed by atoms with Gasteiger partial charge in [-0.25, -0.2) is 18.0 Å². The molecule has 3 amide bonds. The van der Waals surface area contributed by atoms with Crippen molar-refractivity contribution >= 4 is 34.5 Å². The zero-order chi connectivity index (χ0) is 31.8. The number of nitrogens with zero attached hydrogens (tertiary/aromatic N) is 1.